The third-order valence-corrected chi connectivity index (χ3v) is 6.67. The molecule has 0 N–H and O–H groups in total. The van der Waals surface area contributed by atoms with Crippen molar-refractivity contribution in [3.05, 3.63) is 88.2 Å². The summed E-state index contributed by atoms with van der Waals surface area (Å²) in [5, 5.41) is 0.573. The first-order valence-corrected chi connectivity index (χ1v) is 11.5. The van der Waals surface area contributed by atoms with Crippen molar-refractivity contribution in [2.45, 2.75) is 32.7 Å². The molecule has 0 unspecified atom stereocenters. The Bertz CT molecular complexity index is 1360. The summed E-state index contributed by atoms with van der Waals surface area (Å²) in [6.45, 7) is 5.50. The van der Waals surface area contributed by atoms with E-state index in [0.29, 0.717) is 36.0 Å². The van der Waals surface area contributed by atoms with E-state index in [4.69, 9.17) is 21.3 Å². The number of imidazole rings is 1. The number of halogens is 1. The van der Waals surface area contributed by atoms with Crippen molar-refractivity contribution in [1.82, 2.24) is 9.55 Å². The molecular weight excluding hydrogens is 434 g/mol. The number of anilines is 1. The van der Waals surface area contributed by atoms with Gasteiger partial charge in [-0.05, 0) is 55.3 Å². The van der Waals surface area contributed by atoms with Crippen LogP contribution in [0.25, 0.3) is 11.0 Å². The standard InChI is InChI=1S/C27H26ClN3O2/c1-17-8-9-18(2)19(12-17)15-31-23-7-5-4-6-22(23)29-27(31)20-13-26(32)30(16-20)24-14-21(28)10-11-25(24)33-3/h4-12,14,20H,13,15-16H2,1-3H3/t20-/m1/s1. The van der Waals surface area contributed by atoms with E-state index in [1.165, 1.54) is 16.7 Å². The first kappa shape index (κ1) is 21.5. The van der Waals surface area contributed by atoms with Crippen LogP contribution < -0.4 is 9.64 Å². The Hall–Kier alpha value is -3.31. The highest BCUT2D eigenvalue weighted by Gasteiger charge is 2.36. The van der Waals surface area contributed by atoms with E-state index in [0.717, 1.165) is 16.9 Å². The maximum Gasteiger partial charge on any atom is 0.227 e. The SMILES string of the molecule is COc1ccc(Cl)cc1N1C[C@H](c2nc3ccccc3n2Cc2cc(C)ccc2C)CC1=O. The van der Waals surface area contributed by atoms with Crippen LogP contribution in [0, 0.1) is 13.8 Å². The molecule has 1 saturated heterocycles. The number of methoxy groups -OCH3 is 1. The Labute approximate surface area is 198 Å². The number of carbonyl (C=O) groups excluding carboxylic acids is 1. The summed E-state index contributed by atoms with van der Waals surface area (Å²) >= 11 is 6.24. The molecule has 0 saturated carbocycles. The van der Waals surface area contributed by atoms with Crippen molar-refractivity contribution in [1.29, 1.82) is 0 Å². The molecule has 3 aromatic carbocycles. The van der Waals surface area contributed by atoms with Gasteiger partial charge in [-0.2, -0.15) is 0 Å². The highest BCUT2D eigenvalue weighted by molar-refractivity contribution is 6.31. The smallest absolute Gasteiger partial charge is 0.227 e. The van der Waals surface area contributed by atoms with Crippen molar-refractivity contribution < 1.29 is 9.53 Å². The van der Waals surface area contributed by atoms with Crippen molar-refractivity contribution in [2.75, 3.05) is 18.6 Å². The largest absolute Gasteiger partial charge is 0.495 e. The van der Waals surface area contributed by atoms with E-state index in [-0.39, 0.29) is 11.8 Å². The number of ether oxygens (including phenoxy) is 1. The molecule has 0 bridgehead atoms. The Morgan fingerprint density at radius 3 is 2.73 bits per heavy atom. The molecule has 6 heteroatoms. The van der Waals surface area contributed by atoms with Crippen LogP contribution in [-0.2, 0) is 11.3 Å². The fourth-order valence-electron chi connectivity index (χ4n) is 4.70. The number of aryl methyl sites for hydroxylation is 2. The molecule has 1 fully saturated rings. The minimum atomic E-state index is -0.0290. The molecule has 4 aromatic rings. The average molecular weight is 460 g/mol. The van der Waals surface area contributed by atoms with Gasteiger partial charge in [-0.15, -0.1) is 0 Å². The van der Waals surface area contributed by atoms with Crippen molar-refractivity contribution in [3.8, 4) is 5.75 Å². The zero-order valence-corrected chi connectivity index (χ0v) is 19.8. The lowest BCUT2D eigenvalue weighted by Gasteiger charge is -2.20. The molecule has 5 nitrogen and oxygen atoms in total. The molecule has 1 aliphatic heterocycles. The first-order valence-electron chi connectivity index (χ1n) is 11.1. The molecule has 33 heavy (non-hydrogen) atoms. The zero-order valence-electron chi connectivity index (χ0n) is 19.0. The number of rotatable bonds is 5. The molecule has 0 radical (unpaired) electrons. The summed E-state index contributed by atoms with van der Waals surface area (Å²) in [6, 6.07) is 20.1. The molecule has 0 spiro atoms. The second kappa shape index (κ2) is 8.56. The van der Waals surface area contributed by atoms with Gasteiger partial charge in [-0.25, -0.2) is 4.98 Å². The fraction of sp³-hybridized carbons (Fsp3) is 0.259. The van der Waals surface area contributed by atoms with E-state index in [2.05, 4.69) is 42.7 Å². The number of para-hydroxylation sites is 2. The molecule has 0 aliphatic carbocycles. The van der Waals surface area contributed by atoms with Gasteiger partial charge >= 0.3 is 0 Å². The third-order valence-electron chi connectivity index (χ3n) is 6.44. The van der Waals surface area contributed by atoms with E-state index in [1.807, 2.05) is 18.2 Å². The van der Waals surface area contributed by atoms with Crippen LogP contribution in [0.2, 0.25) is 5.02 Å². The van der Waals surface area contributed by atoms with Gasteiger partial charge in [-0.1, -0.05) is 47.5 Å². The van der Waals surface area contributed by atoms with Crippen LogP contribution in [0.3, 0.4) is 0 Å². The van der Waals surface area contributed by atoms with Crippen LogP contribution in [0.4, 0.5) is 5.69 Å². The summed E-state index contributed by atoms with van der Waals surface area (Å²) in [5.41, 5.74) is 6.48. The minimum absolute atomic E-state index is 0.0290. The number of hydrogen-bond donors (Lipinski definition) is 0. The van der Waals surface area contributed by atoms with Crippen LogP contribution in [0.5, 0.6) is 5.75 Å². The Morgan fingerprint density at radius 2 is 1.91 bits per heavy atom. The number of aromatic nitrogens is 2. The van der Waals surface area contributed by atoms with E-state index in [1.54, 1.807) is 30.2 Å². The number of fused-ring (bicyclic) bond motifs is 1. The summed E-state index contributed by atoms with van der Waals surface area (Å²) in [6.07, 6.45) is 0.395. The summed E-state index contributed by atoms with van der Waals surface area (Å²) in [4.78, 5) is 19.9. The molecule has 1 amide bonds. The van der Waals surface area contributed by atoms with Crippen molar-refractivity contribution in [3.63, 3.8) is 0 Å². The van der Waals surface area contributed by atoms with Gasteiger partial charge in [0.2, 0.25) is 5.91 Å². The number of carbonyl (C=O) groups is 1. The quantitative estimate of drug-likeness (QED) is 0.374. The highest BCUT2D eigenvalue weighted by atomic mass is 35.5. The van der Waals surface area contributed by atoms with Gasteiger partial charge in [0.1, 0.15) is 11.6 Å². The second-order valence-electron chi connectivity index (χ2n) is 8.70. The monoisotopic (exact) mass is 459 g/mol. The van der Waals surface area contributed by atoms with Crippen molar-refractivity contribution >= 4 is 34.2 Å². The minimum Gasteiger partial charge on any atom is -0.495 e. The number of nitrogens with zero attached hydrogens (tertiary/aromatic N) is 3. The number of amides is 1. The van der Waals surface area contributed by atoms with Crippen LogP contribution in [0.15, 0.2) is 60.7 Å². The third kappa shape index (κ3) is 3.98. The summed E-state index contributed by atoms with van der Waals surface area (Å²) in [5.74, 6) is 1.59. The van der Waals surface area contributed by atoms with Gasteiger partial charge in [0.15, 0.2) is 0 Å². The summed E-state index contributed by atoms with van der Waals surface area (Å²) < 4.78 is 7.78. The van der Waals surface area contributed by atoms with E-state index >= 15 is 0 Å². The number of benzene rings is 3. The molecule has 168 valence electrons. The van der Waals surface area contributed by atoms with Gasteiger partial charge in [0.05, 0.1) is 23.8 Å². The van der Waals surface area contributed by atoms with Crippen LogP contribution in [-0.4, -0.2) is 29.1 Å². The van der Waals surface area contributed by atoms with Crippen molar-refractivity contribution in [2.24, 2.45) is 0 Å². The molecule has 1 aromatic heterocycles. The maximum atomic E-state index is 13.1. The Balaban J connectivity index is 1.56. The molecule has 5 rings (SSSR count). The molecule has 1 aliphatic rings. The predicted molar refractivity (Wildman–Crippen MR) is 132 cm³/mol. The zero-order chi connectivity index (χ0) is 23.1. The molecular formula is C27H26ClN3O2. The van der Waals surface area contributed by atoms with Gasteiger partial charge in [0.25, 0.3) is 0 Å². The topological polar surface area (TPSA) is 47.4 Å². The average Bonchev–Trinajstić information content (AvgIpc) is 3.37. The Morgan fingerprint density at radius 1 is 1.09 bits per heavy atom. The second-order valence-corrected chi connectivity index (χ2v) is 9.13. The predicted octanol–water partition coefficient (Wildman–Crippen LogP) is 5.88. The van der Waals surface area contributed by atoms with E-state index in [9.17, 15) is 4.79 Å². The fourth-order valence-corrected chi connectivity index (χ4v) is 4.87. The van der Waals surface area contributed by atoms with Crippen LogP contribution in [0.1, 0.15) is 34.9 Å². The van der Waals surface area contributed by atoms with Gasteiger partial charge in [-0.3, -0.25) is 4.79 Å². The Kier molecular flexibility index (Phi) is 5.59. The lowest BCUT2D eigenvalue weighted by Crippen LogP contribution is -2.25. The lowest BCUT2D eigenvalue weighted by molar-refractivity contribution is -0.117. The van der Waals surface area contributed by atoms with Gasteiger partial charge < -0.3 is 14.2 Å². The maximum absolute atomic E-state index is 13.1. The lowest BCUT2D eigenvalue weighted by atomic mass is 10.0. The number of hydrogen-bond acceptors (Lipinski definition) is 3. The highest BCUT2D eigenvalue weighted by Crippen LogP contribution is 2.38. The molecule has 2 heterocycles. The first-order chi connectivity index (χ1) is 15.9. The molecule has 1 atom stereocenters. The van der Waals surface area contributed by atoms with E-state index < -0.39 is 0 Å². The van der Waals surface area contributed by atoms with Gasteiger partial charge in [0, 0.05) is 30.5 Å². The summed E-state index contributed by atoms with van der Waals surface area (Å²) in [7, 11) is 1.61. The normalized spacial score (nSPS) is 16.1. The van der Waals surface area contributed by atoms with Crippen LogP contribution >= 0.6 is 11.6 Å².